The number of amides is 2. The van der Waals surface area contributed by atoms with E-state index in [9.17, 15) is 9.90 Å². The van der Waals surface area contributed by atoms with Gasteiger partial charge in [-0.2, -0.15) is 0 Å². The van der Waals surface area contributed by atoms with Crippen molar-refractivity contribution in [1.82, 2.24) is 10.2 Å². The number of unbranched alkanes of at least 4 members (excludes halogenated alkanes) is 1. The van der Waals surface area contributed by atoms with Gasteiger partial charge < -0.3 is 30.5 Å². The lowest BCUT2D eigenvalue weighted by molar-refractivity contribution is -0.0587. The number of rotatable bonds is 11. The summed E-state index contributed by atoms with van der Waals surface area (Å²) in [5.74, 6) is -0.940. The number of aliphatic hydroxyl groups is 1. The molecule has 1 aliphatic heterocycles. The number of piperidine rings is 1. The summed E-state index contributed by atoms with van der Waals surface area (Å²) in [5, 5.41) is 14.7. The maximum absolute atomic E-state index is 15.0. The number of nitrogens with one attached hydrogen (secondary N) is 1. The van der Waals surface area contributed by atoms with Crippen molar-refractivity contribution in [3.8, 4) is 0 Å². The van der Waals surface area contributed by atoms with Gasteiger partial charge in [-0.25, -0.2) is 9.18 Å². The zero-order valence-corrected chi connectivity index (χ0v) is 21.7. The normalized spacial score (nSPS) is 19.5. The van der Waals surface area contributed by atoms with E-state index in [0.717, 1.165) is 6.42 Å². The molecule has 1 aromatic carbocycles. The topological polar surface area (TPSA) is 97.1 Å². The largest absolute Gasteiger partial charge is 0.385 e. The van der Waals surface area contributed by atoms with Gasteiger partial charge in [-0.05, 0) is 58.9 Å². The van der Waals surface area contributed by atoms with Gasteiger partial charge in [0.25, 0.3) is 0 Å². The van der Waals surface area contributed by atoms with E-state index in [2.05, 4.69) is 5.32 Å². The van der Waals surface area contributed by atoms with Crippen molar-refractivity contribution < 1.29 is 23.8 Å². The van der Waals surface area contributed by atoms with Crippen molar-refractivity contribution >= 4 is 17.6 Å². The highest BCUT2D eigenvalue weighted by atomic mass is 35.5. The lowest BCUT2D eigenvalue weighted by Crippen LogP contribution is -2.52. The first-order valence-electron chi connectivity index (χ1n) is 12.1. The van der Waals surface area contributed by atoms with Crippen molar-refractivity contribution in [3.63, 3.8) is 0 Å². The monoisotopic (exact) mass is 501 g/mol. The molecule has 1 unspecified atom stereocenters. The Bertz CT molecular complexity index is 792. The summed E-state index contributed by atoms with van der Waals surface area (Å²) in [5.41, 5.74) is 4.52. The molecule has 1 aliphatic rings. The number of urea groups is 1. The molecule has 1 fully saturated rings. The fraction of sp³-hybridized carbons (Fsp3) is 0.720. The second-order valence-corrected chi connectivity index (χ2v) is 10.5. The molecule has 0 spiro atoms. The molecule has 7 nitrogen and oxygen atoms in total. The Hall–Kier alpha value is -1.45. The van der Waals surface area contributed by atoms with Gasteiger partial charge in [0.05, 0.1) is 22.8 Å². The van der Waals surface area contributed by atoms with Crippen LogP contribution in [0, 0.1) is 11.7 Å². The Morgan fingerprint density at radius 1 is 1.38 bits per heavy atom. The number of halogens is 2. The molecular formula is C25H41ClFN3O4. The zero-order chi connectivity index (χ0) is 25.4. The highest BCUT2D eigenvalue weighted by Crippen LogP contribution is 2.41. The molecule has 9 heteroatoms. The van der Waals surface area contributed by atoms with Crippen LogP contribution < -0.4 is 11.1 Å². The molecule has 194 valence electrons. The van der Waals surface area contributed by atoms with Crippen LogP contribution in [0.3, 0.4) is 0 Å². The number of ether oxygens (including phenoxy) is 2. The number of hydrogen-bond donors (Lipinski definition) is 3. The molecular weight excluding hydrogens is 461 g/mol. The van der Waals surface area contributed by atoms with Crippen LogP contribution in [0.2, 0.25) is 5.02 Å². The lowest BCUT2D eigenvalue weighted by Gasteiger charge is -2.43. The molecule has 1 heterocycles. The quantitative estimate of drug-likeness (QED) is 0.397. The summed E-state index contributed by atoms with van der Waals surface area (Å²) in [6.07, 6.45) is 3.13. The van der Waals surface area contributed by atoms with Gasteiger partial charge in [-0.1, -0.05) is 23.7 Å². The van der Waals surface area contributed by atoms with Crippen molar-refractivity contribution in [2.24, 2.45) is 11.7 Å². The standard InChI is InChI=1S/C25H41ClFN3O4/c1-24(2,3)34-17-19(28)15-29-23(31)30-13-8-9-18(16-30)25(32,12-5-6-14-33-4)20-10-7-11-21(26)22(20)27/h7,10-11,18-19,32H,5-6,8-9,12-17,28H2,1-4H3,(H,29,31)/t18-,19?,25+/m1/s1. The van der Waals surface area contributed by atoms with E-state index in [4.69, 9.17) is 26.8 Å². The molecule has 0 aliphatic carbocycles. The SMILES string of the molecule is COCCCC[C@@](O)(c1cccc(Cl)c1F)[C@@H]1CCCN(C(=O)NCC(N)COC(C)(C)C)C1. The first kappa shape index (κ1) is 28.8. The maximum Gasteiger partial charge on any atom is 0.317 e. The number of hydrogen-bond acceptors (Lipinski definition) is 5. The first-order chi connectivity index (χ1) is 16.0. The summed E-state index contributed by atoms with van der Waals surface area (Å²) < 4.78 is 25.8. The smallest absolute Gasteiger partial charge is 0.317 e. The lowest BCUT2D eigenvalue weighted by atomic mass is 9.74. The Balaban J connectivity index is 2.09. The first-order valence-corrected chi connectivity index (χ1v) is 12.4. The molecule has 0 saturated carbocycles. The molecule has 1 saturated heterocycles. The van der Waals surface area contributed by atoms with Gasteiger partial charge in [0.2, 0.25) is 0 Å². The van der Waals surface area contributed by atoms with Crippen LogP contribution in [0.4, 0.5) is 9.18 Å². The minimum atomic E-state index is -1.45. The van der Waals surface area contributed by atoms with Crippen LogP contribution in [0.5, 0.6) is 0 Å². The third kappa shape index (κ3) is 8.34. The highest BCUT2D eigenvalue weighted by molar-refractivity contribution is 6.30. The molecule has 2 amide bonds. The summed E-state index contributed by atoms with van der Waals surface area (Å²) in [4.78, 5) is 14.5. The van der Waals surface area contributed by atoms with E-state index in [0.29, 0.717) is 52.0 Å². The highest BCUT2D eigenvalue weighted by Gasteiger charge is 2.43. The van der Waals surface area contributed by atoms with Crippen molar-refractivity contribution in [2.75, 3.05) is 40.0 Å². The average molecular weight is 502 g/mol. The van der Waals surface area contributed by atoms with E-state index in [1.54, 1.807) is 24.1 Å². The van der Waals surface area contributed by atoms with Crippen molar-refractivity contribution in [2.45, 2.75) is 70.1 Å². The Morgan fingerprint density at radius 3 is 2.79 bits per heavy atom. The minimum absolute atomic E-state index is 0.0234. The molecule has 0 radical (unpaired) electrons. The molecule has 2 rings (SSSR count). The summed E-state index contributed by atoms with van der Waals surface area (Å²) >= 11 is 6.04. The van der Waals surface area contributed by atoms with Crippen LogP contribution in [-0.2, 0) is 15.1 Å². The predicted octanol–water partition coefficient (Wildman–Crippen LogP) is 4.05. The third-order valence-corrected chi connectivity index (χ3v) is 6.50. The van der Waals surface area contributed by atoms with E-state index in [1.807, 2.05) is 20.8 Å². The Kier molecular flexibility index (Phi) is 11.0. The minimum Gasteiger partial charge on any atom is -0.385 e. The number of carbonyl (C=O) groups is 1. The van der Waals surface area contributed by atoms with Gasteiger partial charge in [-0.3, -0.25) is 0 Å². The average Bonchev–Trinajstić information content (AvgIpc) is 2.80. The molecule has 3 atom stereocenters. The molecule has 4 N–H and O–H groups in total. The van der Waals surface area contributed by atoms with Gasteiger partial charge >= 0.3 is 6.03 Å². The van der Waals surface area contributed by atoms with Crippen LogP contribution >= 0.6 is 11.6 Å². The van der Waals surface area contributed by atoms with E-state index in [1.165, 1.54) is 6.07 Å². The van der Waals surface area contributed by atoms with Gasteiger partial charge in [0.15, 0.2) is 0 Å². The summed E-state index contributed by atoms with van der Waals surface area (Å²) in [7, 11) is 1.63. The van der Waals surface area contributed by atoms with Crippen molar-refractivity contribution in [3.05, 3.63) is 34.6 Å². The van der Waals surface area contributed by atoms with Crippen LogP contribution in [0.15, 0.2) is 18.2 Å². The van der Waals surface area contributed by atoms with Crippen molar-refractivity contribution in [1.29, 1.82) is 0 Å². The fourth-order valence-electron chi connectivity index (χ4n) is 4.34. The van der Waals surface area contributed by atoms with Crippen LogP contribution in [-0.4, -0.2) is 67.6 Å². The Morgan fingerprint density at radius 2 is 2.12 bits per heavy atom. The predicted molar refractivity (Wildman–Crippen MR) is 132 cm³/mol. The van der Waals surface area contributed by atoms with E-state index in [-0.39, 0.29) is 40.7 Å². The van der Waals surface area contributed by atoms with Crippen LogP contribution in [0.1, 0.15) is 58.4 Å². The van der Waals surface area contributed by atoms with Crippen LogP contribution in [0.25, 0.3) is 0 Å². The second kappa shape index (κ2) is 13.0. The van der Waals surface area contributed by atoms with Gasteiger partial charge in [-0.15, -0.1) is 0 Å². The Labute approximate surface area is 208 Å². The van der Waals surface area contributed by atoms with E-state index >= 15 is 4.39 Å². The number of nitrogens with two attached hydrogens (primary N) is 1. The van der Waals surface area contributed by atoms with E-state index < -0.39 is 11.4 Å². The summed E-state index contributed by atoms with van der Waals surface area (Å²) in [6.45, 7) is 7.90. The number of carbonyl (C=O) groups excluding carboxylic acids is 1. The number of methoxy groups -OCH3 is 1. The fourth-order valence-corrected chi connectivity index (χ4v) is 4.51. The molecule has 0 bridgehead atoms. The number of likely N-dealkylation sites (tertiary alicyclic amines) is 1. The maximum atomic E-state index is 15.0. The number of benzene rings is 1. The van der Waals surface area contributed by atoms with Gasteiger partial charge in [0.1, 0.15) is 5.82 Å². The number of nitrogens with zero attached hydrogens (tertiary/aromatic N) is 1. The third-order valence-electron chi connectivity index (χ3n) is 6.20. The second-order valence-electron chi connectivity index (χ2n) is 10.1. The molecule has 1 aromatic rings. The zero-order valence-electron chi connectivity index (χ0n) is 20.9. The summed E-state index contributed by atoms with van der Waals surface area (Å²) in [6, 6.07) is 4.13. The molecule has 0 aromatic heterocycles. The van der Waals surface area contributed by atoms with Gasteiger partial charge in [0, 0.05) is 50.9 Å². The molecule has 34 heavy (non-hydrogen) atoms.